The molecule has 1 aromatic heterocycles. The second kappa shape index (κ2) is 4.11. The second-order valence-electron chi connectivity index (χ2n) is 2.42. The Labute approximate surface area is 74.8 Å². The van der Waals surface area contributed by atoms with Crippen LogP contribution in [0.4, 0.5) is 8.78 Å². The van der Waals surface area contributed by atoms with Crippen LogP contribution in [0.2, 0.25) is 0 Å². The van der Waals surface area contributed by atoms with Crippen molar-refractivity contribution >= 4 is 0 Å². The first kappa shape index (κ1) is 9.83. The van der Waals surface area contributed by atoms with Gasteiger partial charge in [0.2, 0.25) is 5.88 Å². The Hall–Kier alpha value is -1.26. The number of methoxy groups -OCH3 is 1. The molecule has 0 aliphatic rings. The minimum absolute atomic E-state index is 0.229. The van der Waals surface area contributed by atoms with Crippen LogP contribution in [0.3, 0.4) is 0 Å². The molecule has 1 rings (SSSR count). The molecular weight excluding hydrogens is 178 g/mol. The van der Waals surface area contributed by atoms with Crippen molar-refractivity contribution in [2.45, 2.75) is 19.8 Å². The van der Waals surface area contributed by atoms with Crippen molar-refractivity contribution in [1.29, 1.82) is 0 Å². The van der Waals surface area contributed by atoms with Crippen molar-refractivity contribution in [1.82, 2.24) is 9.97 Å². The van der Waals surface area contributed by atoms with Crippen LogP contribution in [-0.4, -0.2) is 17.1 Å². The zero-order chi connectivity index (χ0) is 9.84. The fraction of sp³-hybridized carbons (Fsp3) is 0.500. The molecule has 0 unspecified atom stereocenters. The Morgan fingerprint density at radius 2 is 2.23 bits per heavy atom. The van der Waals surface area contributed by atoms with E-state index < -0.39 is 12.2 Å². The Morgan fingerprint density at radius 3 is 2.69 bits per heavy atom. The largest absolute Gasteiger partial charge is 0.481 e. The van der Waals surface area contributed by atoms with Crippen LogP contribution in [0.25, 0.3) is 0 Å². The summed E-state index contributed by atoms with van der Waals surface area (Å²) in [5.41, 5.74) is 0.729. The fourth-order valence-corrected chi connectivity index (χ4v) is 0.928. The van der Waals surface area contributed by atoms with Gasteiger partial charge in [0, 0.05) is 11.8 Å². The van der Waals surface area contributed by atoms with Crippen LogP contribution in [-0.2, 0) is 6.42 Å². The van der Waals surface area contributed by atoms with Crippen LogP contribution < -0.4 is 4.74 Å². The molecule has 3 nitrogen and oxygen atoms in total. The van der Waals surface area contributed by atoms with E-state index in [0.29, 0.717) is 6.42 Å². The SMILES string of the molecule is CCc1cnc(C(F)F)nc1OC. The van der Waals surface area contributed by atoms with E-state index in [-0.39, 0.29) is 5.88 Å². The molecule has 0 saturated carbocycles. The average molecular weight is 188 g/mol. The number of aryl methyl sites for hydroxylation is 1. The lowest BCUT2D eigenvalue weighted by Crippen LogP contribution is -2.01. The number of ether oxygens (including phenoxy) is 1. The molecule has 0 atom stereocenters. The molecule has 0 saturated heterocycles. The van der Waals surface area contributed by atoms with Gasteiger partial charge in [-0.05, 0) is 6.42 Å². The molecule has 0 bridgehead atoms. The average Bonchev–Trinajstić information content (AvgIpc) is 2.16. The highest BCUT2D eigenvalue weighted by Gasteiger charge is 2.13. The summed E-state index contributed by atoms with van der Waals surface area (Å²) in [6.07, 6.45) is -0.625. The summed E-state index contributed by atoms with van der Waals surface area (Å²) in [5.74, 6) is -0.262. The summed E-state index contributed by atoms with van der Waals surface area (Å²) >= 11 is 0. The molecule has 0 amide bonds. The number of hydrogen-bond donors (Lipinski definition) is 0. The van der Waals surface area contributed by atoms with Gasteiger partial charge in [0.15, 0.2) is 5.82 Å². The molecule has 0 aliphatic carbocycles. The molecule has 13 heavy (non-hydrogen) atoms. The normalized spacial score (nSPS) is 10.5. The van der Waals surface area contributed by atoms with Gasteiger partial charge in [0.05, 0.1) is 7.11 Å². The van der Waals surface area contributed by atoms with E-state index in [9.17, 15) is 8.78 Å². The number of hydrogen-bond acceptors (Lipinski definition) is 3. The van der Waals surface area contributed by atoms with Gasteiger partial charge >= 0.3 is 0 Å². The summed E-state index contributed by atoms with van der Waals surface area (Å²) in [6, 6.07) is 0. The summed E-state index contributed by atoms with van der Waals surface area (Å²) in [6.45, 7) is 1.88. The third-order valence-electron chi connectivity index (χ3n) is 1.61. The predicted molar refractivity (Wildman–Crippen MR) is 42.9 cm³/mol. The molecule has 0 fully saturated rings. The second-order valence-corrected chi connectivity index (χ2v) is 2.42. The number of alkyl halides is 2. The Morgan fingerprint density at radius 1 is 1.54 bits per heavy atom. The standard InChI is InChI=1S/C8H10F2N2O/c1-3-5-4-11-7(6(9)10)12-8(5)13-2/h4,6H,3H2,1-2H3. The van der Waals surface area contributed by atoms with Gasteiger partial charge in [-0.1, -0.05) is 6.92 Å². The first-order valence-corrected chi connectivity index (χ1v) is 3.87. The highest BCUT2D eigenvalue weighted by molar-refractivity contribution is 5.23. The van der Waals surface area contributed by atoms with Gasteiger partial charge in [-0.25, -0.2) is 13.8 Å². The summed E-state index contributed by atoms with van der Waals surface area (Å²) < 4.78 is 29.1. The molecule has 72 valence electrons. The lowest BCUT2D eigenvalue weighted by molar-refractivity contribution is 0.139. The minimum Gasteiger partial charge on any atom is -0.481 e. The summed E-state index contributed by atoms with van der Waals surface area (Å²) in [4.78, 5) is 7.09. The lowest BCUT2D eigenvalue weighted by Gasteiger charge is -2.05. The maximum absolute atomic E-state index is 12.1. The number of rotatable bonds is 3. The van der Waals surface area contributed by atoms with Crippen molar-refractivity contribution < 1.29 is 13.5 Å². The van der Waals surface area contributed by atoms with Gasteiger partial charge < -0.3 is 4.74 Å². The zero-order valence-corrected chi connectivity index (χ0v) is 7.42. The number of aromatic nitrogens is 2. The van der Waals surface area contributed by atoms with Crippen LogP contribution in [0.5, 0.6) is 5.88 Å². The molecule has 0 aromatic carbocycles. The minimum atomic E-state index is -2.65. The zero-order valence-electron chi connectivity index (χ0n) is 7.42. The number of nitrogens with zero attached hydrogens (tertiary/aromatic N) is 2. The van der Waals surface area contributed by atoms with Crippen LogP contribution in [0, 0.1) is 0 Å². The van der Waals surface area contributed by atoms with E-state index in [1.807, 2.05) is 6.92 Å². The first-order chi connectivity index (χ1) is 6.19. The molecule has 1 aromatic rings. The first-order valence-electron chi connectivity index (χ1n) is 3.87. The smallest absolute Gasteiger partial charge is 0.297 e. The van der Waals surface area contributed by atoms with Crippen molar-refractivity contribution in [3.63, 3.8) is 0 Å². The quantitative estimate of drug-likeness (QED) is 0.727. The maximum Gasteiger partial charge on any atom is 0.297 e. The highest BCUT2D eigenvalue weighted by atomic mass is 19.3. The summed E-state index contributed by atoms with van der Waals surface area (Å²) in [5, 5.41) is 0. The van der Waals surface area contributed by atoms with Crippen molar-refractivity contribution in [2.24, 2.45) is 0 Å². The van der Waals surface area contributed by atoms with Crippen LogP contribution >= 0.6 is 0 Å². The Kier molecular flexibility index (Phi) is 3.11. The molecule has 1 heterocycles. The third kappa shape index (κ3) is 2.11. The van der Waals surface area contributed by atoms with E-state index in [1.165, 1.54) is 13.3 Å². The molecule has 0 radical (unpaired) electrons. The molecule has 0 aliphatic heterocycles. The Balaban J connectivity index is 3.05. The maximum atomic E-state index is 12.1. The Bertz CT molecular complexity index is 291. The molecular formula is C8H10F2N2O. The topological polar surface area (TPSA) is 35.0 Å². The van der Waals surface area contributed by atoms with Gasteiger partial charge in [0.1, 0.15) is 0 Å². The monoisotopic (exact) mass is 188 g/mol. The van der Waals surface area contributed by atoms with E-state index >= 15 is 0 Å². The van der Waals surface area contributed by atoms with Crippen molar-refractivity contribution in [3.8, 4) is 5.88 Å². The third-order valence-corrected chi connectivity index (χ3v) is 1.61. The van der Waals surface area contributed by atoms with E-state index in [4.69, 9.17) is 4.74 Å². The van der Waals surface area contributed by atoms with E-state index in [0.717, 1.165) is 5.56 Å². The van der Waals surface area contributed by atoms with Crippen LogP contribution in [0.15, 0.2) is 6.20 Å². The molecule has 5 heteroatoms. The number of halogens is 2. The highest BCUT2D eigenvalue weighted by Crippen LogP contribution is 2.20. The van der Waals surface area contributed by atoms with Gasteiger partial charge in [0.25, 0.3) is 6.43 Å². The van der Waals surface area contributed by atoms with Crippen molar-refractivity contribution in [3.05, 3.63) is 17.6 Å². The lowest BCUT2D eigenvalue weighted by atomic mass is 10.2. The van der Waals surface area contributed by atoms with Crippen LogP contribution in [0.1, 0.15) is 24.7 Å². The van der Waals surface area contributed by atoms with Gasteiger partial charge in [-0.15, -0.1) is 0 Å². The van der Waals surface area contributed by atoms with E-state index in [2.05, 4.69) is 9.97 Å². The predicted octanol–water partition coefficient (Wildman–Crippen LogP) is 1.99. The van der Waals surface area contributed by atoms with Gasteiger partial charge in [-0.2, -0.15) is 4.98 Å². The summed E-state index contributed by atoms with van der Waals surface area (Å²) in [7, 11) is 1.40. The molecule has 0 N–H and O–H groups in total. The molecule has 0 spiro atoms. The van der Waals surface area contributed by atoms with E-state index in [1.54, 1.807) is 0 Å². The van der Waals surface area contributed by atoms with Crippen molar-refractivity contribution in [2.75, 3.05) is 7.11 Å². The fourth-order valence-electron chi connectivity index (χ4n) is 0.928. The van der Waals surface area contributed by atoms with Gasteiger partial charge in [-0.3, -0.25) is 0 Å².